The number of rotatable bonds is 0. The van der Waals surface area contributed by atoms with Gasteiger partial charge in [-0.05, 0) is 0 Å². The quantitative estimate of drug-likeness (QED) is 0.629. The Morgan fingerprint density at radius 2 is 1.20 bits per heavy atom. The molecule has 5 heteroatoms. The van der Waals surface area contributed by atoms with Gasteiger partial charge in [0.2, 0.25) is 0 Å². The summed E-state index contributed by atoms with van der Waals surface area (Å²) in [6.45, 7) is 0. The number of halogens is 3. The average Bonchev–Trinajstić information content (AvgIpc) is 0.722. The Bertz CT molecular complexity index is 22.4. The summed E-state index contributed by atoms with van der Waals surface area (Å²) in [4.78, 5) is 0. The molecule has 34 valence electrons. The van der Waals surface area contributed by atoms with Crippen LogP contribution in [-0.4, -0.2) is 19.2 Å². The summed E-state index contributed by atoms with van der Waals surface area (Å²) in [5.74, 6) is 0. The van der Waals surface area contributed by atoms with Gasteiger partial charge in [-0.2, -0.15) is 0 Å². The summed E-state index contributed by atoms with van der Waals surface area (Å²) in [5, 5.41) is 0. The van der Waals surface area contributed by atoms with Gasteiger partial charge in [0.05, 0.1) is 0 Å². The number of hydrogen-bond acceptors (Lipinski definition) is 1. The second kappa shape index (κ2) is 2.09. The third-order valence-corrected chi connectivity index (χ3v) is 0. The fraction of sp³-hybridized carbons (Fsp3) is 0. The van der Waals surface area contributed by atoms with Gasteiger partial charge >= 0.3 is 45.7 Å². The summed E-state index contributed by atoms with van der Waals surface area (Å²) < 4.78 is 8.03. The molecule has 0 radical (unpaired) electrons. The van der Waals surface area contributed by atoms with Crippen LogP contribution in [0.4, 0.5) is 0 Å². The molecule has 0 rings (SSSR count). The Balaban J connectivity index is 3.02. The zero-order valence-electron chi connectivity index (χ0n) is 2.08. The van der Waals surface area contributed by atoms with Crippen molar-refractivity contribution < 1.29 is 3.39 Å². The SMILES string of the molecule is [OH][SbH]([Cl])([Cl])[Cl]. The van der Waals surface area contributed by atoms with Crippen molar-refractivity contribution in [3.63, 3.8) is 0 Å². The van der Waals surface area contributed by atoms with E-state index in [-0.39, 0.29) is 0 Å². The minimum atomic E-state index is -3.76. The van der Waals surface area contributed by atoms with Crippen molar-refractivity contribution in [3.8, 4) is 0 Å². The Morgan fingerprint density at radius 3 is 1.20 bits per heavy atom. The van der Waals surface area contributed by atoms with E-state index >= 15 is 0 Å². The molecule has 0 aliphatic carbocycles. The van der Waals surface area contributed by atoms with Crippen molar-refractivity contribution in [3.05, 3.63) is 0 Å². The fourth-order valence-corrected chi connectivity index (χ4v) is 0. The first-order chi connectivity index (χ1) is 2.00. The maximum atomic E-state index is 8.03. The predicted molar refractivity (Wildman–Crippen MR) is 26.9 cm³/mol. The molecule has 0 saturated carbocycles. The topological polar surface area (TPSA) is 20.2 Å². The fourth-order valence-electron chi connectivity index (χ4n) is 0. The van der Waals surface area contributed by atoms with Crippen LogP contribution in [0.1, 0.15) is 0 Å². The van der Waals surface area contributed by atoms with Crippen LogP contribution < -0.4 is 0 Å². The van der Waals surface area contributed by atoms with Crippen molar-refractivity contribution in [2.45, 2.75) is 0 Å². The summed E-state index contributed by atoms with van der Waals surface area (Å²) >= 11 is -3.76. The first kappa shape index (κ1) is 6.65. The molecule has 1 nitrogen and oxygen atoms in total. The van der Waals surface area contributed by atoms with Crippen LogP contribution in [0.5, 0.6) is 0 Å². The van der Waals surface area contributed by atoms with Gasteiger partial charge in [-0.15, -0.1) is 0 Å². The molecular weight excluding hydrogens is 244 g/mol. The molecule has 5 heavy (non-hydrogen) atoms. The first-order valence-electron chi connectivity index (χ1n) is 0.791. The van der Waals surface area contributed by atoms with Gasteiger partial charge in [0.15, 0.2) is 0 Å². The maximum absolute atomic E-state index is 8.03. The molecule has 0 aliphatic heterocycles. The zero-order valence-corrected chi connectivity index (χ0v) is 7.20. The molecular formula is H2Cl3OSb. The van der Waals surface area contributed by atoms with Gasteiger partial charge in [0.25, 0.3) is 0 Å². The summed E-state index contributed by atoms with van der Waals surface area (Å²) in [5.41, 5.74) is 0. The van der Waals surface area contributed by atoms with Crippen molar-refractivity contribution in [1.82, 2.24) is 0 Å². The van der Waals surface area contributed by atoms with Gasteiger partial charge in [0.1, 0.15) is 0 Å². The van der Waals surface area contributed by atoms with E-state index in [1.165, 1.54) is 0 Å². The normalized spacial score (nSPS) is 15.2. The molecule has 0 bridgehead atoms. The van der Waals surface area contributed by atoms with Gasteiger partial charge < -0.3 is 0 Å². The van der Waals surface area contributed by atoms with Crippen molar-refractivity contribution in [1.29, 1.82) is 0 Å². The monoisotopic (exact) mass is 244 g/mol. The Hall–Kier alpha value is 1.65. The molecule has 0 aromatic heterocycles. The molecule has 0 atom stereocenters. The van der Waals surface area contributed by atoms with Crippen LogP contribution >= 0.6 is 26.5 Å². The molecule has 1 N–H and O–H groups in total. The Morgan fingerprint density at radius 1 is 1.20 bits per heavy atom. The van der Waals surface area contributed by atoms with Crippen molar-refractivity contribution in [2.24, 2.45) is 0 Å². The molecule has 0 heterocycles. The van der Waals surface area contributed by atoms with E-state index in [2.05, 4.69) is 0 Å². The third-order valence-electron chi connectivity index (χ3n) is 0. The van der Waals surface area contributed by atoms with E-state index in [1.807, 2.05) is 0 Å². The van der Waals surface area contributed by atoms with Crippen LogP contribution in [-0.2, 0) is 0 Å². The Kier molecular flexibility index (Phi) is 2.77. The van der Waals surface area contributed by atoms with Crippen LogP contribution in [0.25, 0.3) is 0 Å². The van der Waals surface area contributed by atoms with E-state index in [4.69, 9.17) is 29.9 Å². The van der Waals surface area contributed by atoms with E-state index in [0.29, 0.717) is 0 Å². The molecule has 0 amide bonds. The van der Waals surface area contributed by atoms with Crippen molar-refractivity contribution >= 4 is 42.3 Å². The van der Waals surface area contributed by atoms with Crippen LogP contribution in [0.15, 0.2) is 0 Å². The molecule has 0 saturated heterocycles. The molecule has 0 spiro atoms. The predicted octanol–water partition coefficient (Wildman–Crippen LogP) is 0.863. The second-order valence-corrected chi connectivity index (χ2v) is 18.0. The van der Waals surface area contributed by atoms with Gasteiger partial charge in [-0.3, -0.25) is 0 Å². The van der Waals surface area contributed by atoms with E-state index in [0.717, 1.165) is 0 Å². The third kappa shape index (κ3) is 27.7. The van der Waals surface area contributed by atoms with E-state index in [9.17, 15) is 0 Å². The first-order valence-corrected chi connectivity index (χ1v) is 12.9. The second-order valence-electron chi connectivity index (χ2n) is 0.468. The number of hydrogen-bond donors (Lipinski definition) is 1. The summed E-state index contributed by atoms with van der Waals surface area (Å²) in [6, 6.07) is 0. The summed E-state index contributed by atoms with van der Waals surface area (Å²) in [6.07, 6.45) is 0. The van der Waals surface area contributed by atoms with E-state index < -0.39 is 15.8 Å². The van der Waals surface area contributed by atoms with E-state index in [1.54, 1.807) is 0 Å². The Labute approximate surface area is 45.4 Å². The summed E-state index contributed by atoms with van der Waals surface area (Å²) in [7, 11) is 14.5. The standard InChI is InChI=1S/3ClH.H2O.Sb.H/h3*1H;1H2;;/q;;;;+4;/p-4. The van der Waals surface area contributed by atoms with Gasteiger partial charge in [-0.25, -0.2) is 0 Å². The van der Waals surface area contributed by atoms with Crippen LogP contribution in [0.3, 0.4) is 0 Å². The zero-order chi connectivity index (χ0) is 4.50. The molecule has 0 unspecified atom stereocenters. The van der Waals surface area contributed by atoms with Crippen molar-refractivity contribution in [2.75, 3.05) is 0 Å². The van der Waals surface area contributed by atoms with Gasteiger partial charge in [0, 0.05) is 0 Å². The molecule has 0 aromatic carbocycles. The van der Waals surface area contributed by atoms with Crippen LogP contribution in [0.2, 0.25) is 0 Å². The molecule has 0 fully saturated rings. The average molecular weight is 246 g/mol. The molecule has 0 aliphatic rings. The minimum absolute atomic E-state index is 3.76. The molecule has 0 aromatic rings. The van der Waals surface area contributed by atoms with Crippen LogP contribution in [0, 0.1) is 0 Å². The van der Waals surface area contributed by atoms with Gasteiger partial charge in [-0.1, -0.05) is 0 Å².